The molecule has 2 heterocycles. The molecule has 0 saturated carbocycles. The van der Waals surface area contributed by atoms with Gasteiger partial charge in [0.2, 0.25) is 11.0 Å². The number of benzene rings is 1. The summed E-state index contributed by atoms with van der Waals surface area (Å²) in [7, 11) is 0. The van der Waals surface area contributed by atoms with Crippen LogP contribution in [-0.2, 0) is 9.53 Å². The number of furan rings is 1. The molecule has 1 aromatic carbocycles. The highest BCUT2D eigenvalue weighted by Gasteiger charge is 2.19. The molecule has 0 atom stereocenters. The topological polar surface area (TPSA) is 63.0 Å². The maximum absolute atomic E-state index is 11.8. The first-order valence-electron chi connectivity index (χ1n) is 8.93. The fraction of sp³-hybridized carbons (Fsp3) is 0.474. The number of rotatable bonds is 7. The molecule has 26 heavy (non-hydrogen) atoms. The van der Waals surface area contributed by atoms with Crippen LogP contribution in [-0.4, -0.2) is 55.4 Å². The van der Waals surface area contributed by atoms with E-state index in [1.54, 1.807) is 13.0 Å². The minimum atomic E-state index is -0.436. The lowest BCUT2D eigenvalue weighted by molar-refractivity contribution is -0.111. The van der Waals surface area contributed by atoms with Crippen molar-refractivity contribution in [1.29, 1.82) is 0 Å². The molecule has 2 aromatic rings. The number of esters is 1. The van der Waals surface area contributed by atoms with Gasteiger partial charge in [-0.05, 0) is 55.8 Å². The van der Waals surface area contributed by atoms with Crippen LogP contribution in [0.4, 0.5) is 5.69 Å². The molecule has 140 valence electrons. The van der Waals surface area contributed by atoms with Crippen LogP contribution in [0.3, 0.4) is 0 Å². The van der Waals surface area contributed by atoms with Gasteiger partial charge in [-0.15, -0.1) is 0 Å². The van der Waals surface area contributed by atoms with Crippen molar-refractivity contribution in [2.24, 2.45) is 0 Å². The molecular formula is C19H23ClN2O4. The lowest BCUT2D eigenvalue weighted by Crippen LogP contribution is -2.46. The second kappa shape index (κ2) is 8.56. The molecule has 0 radical (unpaired) electrons. The van der Waals surface area contributed by atoms with Crippen molar-refractivity contribution in [3.8, 4) is 0 Å². The van der Waals surface area contributed by atoms with Crippen LogP contribution >= 0.6 is 11.6 Å². The first kappa shape index (κ1) is 18.7. The summed E-state index contributed by atoms with van der Waals surface area (Å²) in [4.78, 5) is 27.3. The lowest BCUT2D eigenvalue weighted by atomic mass is 10.2. The number of piperazine rings is 1. The van der Waals surface area contributed by atoms with E-state index < -0.39 is 5.97 Å². The first-order valence-corrected chi connectivity index (χ1v) is 9.31. The van der Waals surface area contributed by atoms with Crippen molar-refractivity contribution >= 4 is 39.5 Å². The third-order valence-corrected chi connectivity index (χ3v) is 4.75. The molecule has 0 bridgehead atoms. The standard InChI is InChI=1S/C19H23ClN2O4/c1-2-25-19(24)17-13-14-12-15(5-6-16(14)26-17)22-10-8-21(9-11-22)7-3-4-18(20)23/h5-6,12-13H,2-4,7-11H2,1H3. The summed E-state index contributed by atoms with van der Waals surface area (Å²) in [6.07, 6.45) is 1.24. The van der Waals surface area contributed by atoms with Gasteiger partial charge in [-0.3, -0.25) is 9.69 Å². The van der Waals surface area contributed by atoms with Crippen LogP contribution in [0, 0.1) is 0 Å². The molecule has 0 amide bonds. The minimum absolute atomic E-state index is 0.234. The molecule has 1 aliphatic rings. The highest BCUT2D eigenvalue weighted by Crippen LogP contribution is 2.26. The zero-order chi connectivity index (χ0) is 18.5. The Balaban J connectivity index is 1.60. The van der Waals surface area contributed by atoms with Gasteiger partial charge in [0.25, 0.3) is 0 Å². The van der Waals surface area contributed by atoms with Crippen molar-refractivity contribution in [2.45, 2.75) is 19.8 Å². The summed E-state index contributed by atoms with van der Waals surface area (Å²) in [5.41, 5.74) is 1.80. The fourth-order valence-corrected chi connectivity index (χ4v) is 3.34. The second-order valence-electron chi connectivity index (χ2n) is 6.34. The number of anilines is 1. The molecule has 1 fully saturated rings. The molecular weight excluding hydrogens is 356 g/mol. The van der Waals surface area contributed by atoms with Crippen LogP contribution < -0.4 is 4.90 Å². The van der Waals surface area contributed by atoms with E-state index in [4.69, 9.17) is 20.8 Å². The summed E-state index contributed by atoms with van der Waals surface area (Å²) >= 11 is 5.38. The molecule has 1 aliphatic heterocycles. The molecule has 1 aromatic heterocycles. The van der Waals surface area contributed by atoms with Crippen LogP contribution in [0.2, 0.25) is 0 Å². The largest absolute Gasteiger partial charge is 0.460 e. The summed E-state index contributed by atoms with van der Waals surface area (Å²) in [5, 5.41) is 0.632. The van der Waals surface area contributed by atoms with E-state index in [1.807, 2.05) is 18.2 Å². The van der Waals surface area contributed by atoms with E-state index in [-0.39, 0.29) is 11.0 Å². The Morgan fingerprint density at radius 2 is 1.96 bits per heavy atom. The van der Waals surface area contributed by atoms with Gasteiger partial charge < -0.3 is 14.1 Å². The smallest absolute Gasteiger partial charge is 0.374 e. The Morgan fingerprint density at radius 3 is 2.65 bits per heavy atom. The van der Waals surface area contributed by atoms with Crippen LogP contribution in [0.5, 0.6) is 0 Å². The Morgan fingerprint density at radius 1 is 1.19 bits per heavy atom. The molecule has 7 heteroatoms. The van der Waals surface area contributed by atoms with Gasteiger partial charge in [0.05, 0.1) is 6.61 Å². The van der Waals surface area contributed by atoms with Crippen LogP contribution in [0.15, 0.2) is 28.7 Å². The molecule has 0 N–H and O–H groups in total. The van der Waals surface area contributed by atoms with Crippen molar-refractivity contribution < 1.29 is 18.7 Å². The number of fused-ring (bicyclic) bond motifs is 1. The molecule has 1 saturated heterocycles. The highest BCUT2D eigenvalue weighted by molar-refractivity contribution is 6.63. The monoisotopic (exact) mass is 378 g/mol. The highest BCUT2D eigenvalue weighted by atomic mass is 35.5. The van der Waals surface area contributed by atoms with E-state index in [0.29, 0.717) is 18.6 Å². The van der Waals surface area contributed by atoms with E-state index in [2.05, 4.69) is 9.80 Å². The fourth-order valence-electron chi connectivity index (χ4n) is 3.20. The van der Waals surface area contributed by atoms with E-state index in [0.717, 1.165) is 50.2 Å². The number of ether oxygens (including phenoxy) is 1. The summed E-state index contributed by atoms with van der Waals surface area (Å²) in [6.45, 7) is 6.74. The van der Waals surface area contributed by atoms with Gasteiger partial charge in [-0.1, -0.05) is 0 Å². The zero-order valence-corrected chi connectivity index (χ0v) is 15.6. The lowest BCUT2D eigenvalue weighted by Gasteiger charge is -2.36. The summed E-state index contributed by atoms with van der Waals surface area (Å²) < 4.78 is 10.6. The van der Waals surface area contributed by atoms with E-state index in [1.165, 1.54) is 0 Å². The summed E-state index contributed by atoms with van der Waals surface area (Å²) in [6, 6.07) is 7.69. The van der Waals surface area contributed by atoms with Gasteiger partial charge >= 0.3 is 5.97 Å². The number of hydrogen-bond acceptors (Lipinski definition) is 6. The average molecular weight is 379 g/mol. The Kier molecular flexibility index (Phi) is 6.16. The number of hydrogen-bond donors (Lipinski definition) is 0. The van der Waals surface area contributed by atoms with Gasteiger partial charge in [0, 0.05) is 43.7 Å². The zero-order valence-electron chi connectivity index (χ0n) is 14.9. The number of carbonyl (C=O) groups excluding carboxylic acids is 2. The predicted molar refractivity (Wildman–Crippen MR) is 101 cm³/mol. The summed E-state index contributed by atoms with van der Waals surface area (Å²) in [5.74, 6) is -0.202. The Labute approximate surface area is 157 Å². The first-order chi connectivity index (χ1) is 12.6. The van der Waals surface area contributed by atoms with Crippen molar-refractivity contribution in [1.82, 2.24) is 4.90 Å². The van der Waals surface area contributed by atoms with Crippen molar-refractivity contribution in [2.75, 3.05) is 44.2 Å². The van der Waals surface area contributed by atoms with Crippen molar-refractivity contribution in [3.63, 3.8) is 0 Å². The van der Waals surface area contributed by atoms with Crippen LogP contribution in [0.1, 0.15) is 30.3 Å². The molecule has 6 nitrogen and oxygen atoms in total. The Bertz CT molecular complexity index is 781. The normalized spacial score (nSPS) is 15.4. The minimum Gasteiger partial charge on any atom is -0.460 e. The second-order valence-corrected chi connectivity index (χ2v) is 6.76. The maximum atomic E-state index is 11.8. The SMILES string of the molecule is CCOC(=O)c1cc2cc(N3CCN(CCCC(=O)Cl)CC3)ccc2o1. The van der Waals surface area contributed by atoms with Gasteiger partial charge in [0.1, 0.15) is 5.58 Å². The third-order valence-electron chi connectivity index (χ3n) is 4.56. The van der Waals surface area contributed by atoms with E-state index in [9.17, 15) is 9.59 Å². The van der Waals surface area contributed by atoms with Crippen molar-refractivity contribution in [3.05, 3.63) is 30.0 Å². The number of nitrogens with zero attached hydrogens (tertiary/aromatic N) is 2. The number of halogens is 1. The molecule has 0 spiro atoms. The van der Waals surface area contributed by atoms with Gasteiger partial charge in [-0.2, -0.15) is 0 Å². The maximum Gasteiger partial charge on any atom is 0.374 e. The Hall–Kier alpha value is -2.05. The average Bonchev–Trinajstić information content (AvgIpc) is 3.05. The predicted octanol–water partition coefficient (Wildman–Crippen LogP) is 3.28. The molecule has 3 rings (SSSR count). The van der Waals surface area contributed by atoms with Gasteiger partial charge in [0.15, 0.2) is 0 Å². The third kappa shape index (κ3) is 4.56. The van der Waals surface area contributed by atoms with E-state index >= 15 is 0 Å². The van der Waals surface area contributed by atoms with Crippen LogP contribution in [0.25, 0.3) is 11.0 Å². The van der Waals surface area contributed by atoms with Gasteiger partial charge in [-0.25, -0.2) is 4.79 Å². The molecule has 0 unspecified atom stereocenters. The number of carbonyl (C=O) groups is 2. The molecule has 0 aliphatic carbocycles. The quantitative estimate of drug-likeness (QED) is 0.544.